The van der Waals surface area contributed by atoms with Gasteiger partial charge in [-0.15, -0.1) is 0 Å². The van der Waals surface area contributed by atoms with Crippen molar-refractivity contribution in [2.24, 2.45) is 0 Å². The highest BCUT2D eigenvalue weighted by Crippen LogP contribution is 2.18. The molecule has 0 fully saturated rings. The summed E-state index contributed by atoms with van der Waals surface area (Å²) in [7, 11) is 0. The highest BCUT2D eigenvalue weighted by atomic mass is 16.5. The van der Waals surface area contributed by atoms with E-state index in [0.717, 1.165) is 18.7 Å². The van der Waals surface area contributed by atoms with E-state index in [-0.39, 0.29) is 5.54 Å². The summed E-state index contributed by atoms with van der Waals surface area (Å²) < 4.78 is 5.72. The van der Waals surface area contributed by atoms with Crippen LogP contribution in [-0.2, 0) is 0 Å². The molecule has 0 amide bonds. The number of hydrogen-bond acceptors (Lipinski definition) is 2. The second-order valence-electron chi connectivity index (χ2n) is 5.74. The number of rotatable bonds is 7. The van der Waals surface area contributed by atoms with Crippen LogP contribution in [0.1, 0.15) is 52.5 Å². The standard InChI is InChI=1S/C16H27NO/c1-6-16(4,5)17-11-12-18-15-9-7-14(8-10-15)13(2)3/h7-10,13,17H,6,11-12H2,1-5H3. The maximum Gasteiger partial charge on any atom is 0.119 e. The molecule has 0 aliphatic carbocycles. The Balaban J connectivity index is 2.32. The molecular weight excluding hydrogens is 222 g/mol. The van der Waals surface area contributed by atoms with Crippen LogP contribution in [0.4, 0.5) is 0 Å². The van der Waals surface area contributed by atoms with Gasteiger partial charge in [-0.3, -0.25) is 0 Å². The van der Waals surface area contributed by atoms with Crippen molar-refractivity contribution in [3.63, 3.8) is 0 Å². The molecule has 0 bridgehead atoms. The van der Waals surface area contributed by atoms with E-state index in [1.807, 2.05) is 0 Å². The topological polar surface area (TPSA) is 21.3 Å². The molecule has 0 spiro atoms. The predicted octanol–water partition coefficient (Wildman–Crippen LogP) is 3.97. The third-order valence-corrected chi connectivity index (χ3v) is 3.40. The molecule has 1 aromatic carbocycles. The second kappa shape index (κ2) is 6.79. The van der Waals surface area contributed by atoms with Gasteiger partial charge in [0.2, 0.25) is 0 Å². The zero-order valence-electron chi connectivity index (χ0n) is 12.4. The summed E-state index contributed by atoms with van der Waals surface area (Å²) in [4.78, 5) is 0. The molecule has 18 heavy (non-hydrogen) atoms. The summed E-state index contributed by atoms with van der Waals surface area (Å²) in [5, 5.41) is 3.48. The van der Waals surface area contributed by atoms with E-state index in [1.54, 1.807) is 0 Å². The Morgan fingerprint density at radius 1 is 1.17 bits per heavy atom. The Kier molecular flexibility index (Phi) is 5.67. The Bertz CT molecular complexity index is 341. The van der Waals surface area contributed by atoms with Crippen molar-refractivity contribution in [3.05, 3.63) is 29.8 Å². The van der Waals surface area contributed by atoms with Gasteiger partial charge >= 0.3 is 0 Å². The van der Waals surface area contributed by atoms with Gasteiger partial charge in [-0.2, -0.15) is 0 Å². The molecule has 2 heteroatoms. The number of hydrogen-bond donors (Lipinski definition) is 1. The molecular formula is C16H27NO. The highest BCUT2D eigenvalue weighted by molar-refractivity contribution is 5.28. The predicted molar refractivity (Wildman–Crippen MR) is 78.4 cm³/mol. The van der Waals surface area contributed by atoms with E-state index in [9.17, 15) is 0 Å². The van der Waals surface area contributed by atoms with Crippen LogP contribution in [0.25, 0.3) is 0 Å². The fourth-order valence-corrected chi connectivity index (χ4v) is 1.63. The molecule has 0 atom stereocenters. The third-order valence-electron chi connectivity index (χ3n) is 3.40. The molecule has 0 saturated carbocycles. The third kappa shape index (κ3) is 5.09. The van der Waals surface area contributed by atoms with E-state index in [2.05, 4.69) is 64.2 Å². The van der Waals surface area contributed by atoms with Crippen molar-refractivity contribution in [2.45, 2.75) is 52.5 Å². The lowest BCUT2D eigenvalue weighted by Crippen LogP contribution is -2.40. The molecule has 1 N–H and O–H groups in total. The molecule has 0 aliphatic heterocycles. The maximum atomic E-state index is 5.72. The maximum absolute atomic E-state index is 5.72. The molecule has 1 aromatic rings. The average molecular weight is 249 g/mol. The highest BCUT2D eigenvalue weighted by Gasteiger charge is 2.12. The molecule has 2 nitrogen and oxygen atoms in total. The minimum absolute atomic E-state index is 0.199. The lowest BCUT2D eigenvalue weighted by atomic mass is 10.0. The first-order valence-electron chi connectivity index (χ1n) is 6.92. The molecule has 0 aromatic heterocycles. The zero-order chi connectivity index (χ0) is 13.6. The van der Waals surface area contributed by atoms with Gasteiger partial charge in [0.25, 0.3) is 0 Å². The lowest BCUT2D eigenvalue weighted by molar-refractivity contribution is 0.281. The SMILES string of the molecule is CCC(C)(C)NCCOc1ccc(C(C)C)cc1. The fourth-order valence-electron chi connectivity index (χ4n) is 1.63. The van der Waals surface area contributed by atoms with Crippen LogP contribution in [0.3, 0.4) is 0 Å². The summed E-state index contributed by atoms with van der Waals surface area (Å²) >= 11 is 0. The van der Waals surface area contributed by atoms with Gasteiger partial charge in [0, 0.05) is 12.1 Å². The molecule has 1 rings (SSSR count). The van der Waals surface area contributed by atoms with Gasteiger partial charge in [0.05, 0.1) is 0 Å². The van der Waals surface area contributed by atoms with Gasteiger partial charge in [0.1, 0.15) is 12.4 Å². The number of ether oxygens (including phenoxy) is 1. The van der Waals surface area contributed by atoms with Crippen LogP contribution in [0.5, 0.6) is 5.75 Å². The summed E-state index contributed by atoms with van der Waals surface area (Å²) in [5.41, 5.74) is 1.55. The van der Waals surface area contributed by atoms with Gasteiger partial charge in [-0.25, -0.2) is 0 Å². The van der Waals surface area contributed by atoms with Crippen molar-refractivity contribution < 1.29 is 4.74 Å². The van der Waals surface area contributed by atoms with E-state index >= 15 is 0 Å². The fraction of sp³-hybridized carbons (Fsp3) is 0.625. The first-order valence-corrected chi connectivity index (χ1v) is 6.92. The van der Waals surface area contributed by atoms with E-state index in [1.165, 1.54) is 5.56 Å². The van der Waals surface area contributed by atoms with Crippen LogP contribution in [0.15, 0.2) is 24.3 Å². The average Bonchev–Trinajstić information content (AvgIpc) is 2.35. The first-order chi connectivity index (χ1) is 8.44. The Labute approximate surface area is 112 Å². The van der Waals surface area contributed by atoms with Gasteiger partial charge in [-0.1, -0.05) is 32.9 Å². The van der Waals surface area contributed by atoms with Crippen LogP contribution >= 0.6 is 0 Å². The van der Waals surface area contributed by atoms with Crippen LogP contribution < -0.4 is 10.1 Å². The first kappa shape index (κ1) is 15.0. The zero-order valence-corrected chi connectivity index (χ0v) is 12.4. The Morgan fingerprint density at radius 3 is 2.28 bits per heavy atom. The van der Waals surface area contributed by atoms with E-state index < -0.39 is 0 Å². The number of benzene rings is 1. The minimum Gasteiger partial charge on any atom is -0.492 e. The van der Waals surface area contributed by atoms with Crippen LogP contribution in [0, 0.1) is 0 Å². The summed E-state index contributed by atoms with van der Waals surface area (Å²) in [6.45, 7) is 12.6. The number of nitrogens with one attached hydrogen (secondary N) is 1. The second-order valence-corrected chi connectivity index (χ2v) is 5.74. The van der Waals surface area contributed by atoms with Gasteiger partial charge in [-0.05, 0) is 43.9 Å². The van der Waals surface area contributed by atoms with Crippen molar-refractivity contribution in [3.8, 4) is 5.75 Å². The van der Waals surface area contributed by atoms with Crippen LogP contribution in [0.2, 0.25) is 0 Å². The quantitative estimate of drug-likeness (QED) is 0.738. The largest absolute Gasteiger partial charge is 0.492 e. The molecule has 0 heterocycles. The van der Waals surface area contributed by atoms with Crippen molar-refractivity contribution >= 4 is 0 Å². The van der Waals surface area contributed by atoms with Gasteiger partial charge < -0.3 is 10.1 Å². The molecule has 0 unspecified atom stereocenters. The summed E-state index contributed by atoms with van der Waals surface area (Å²) in [5.74, 6) is 1.53. The van der Waals surface area contributed by atoms with E-state index in [0.29, 0.717) is 12.5 Å². The molecule has 0 saturated heterocycles. The van der Waals surface area contributed by atoms with Crippen molar-refractivity contribution in [2.75, 3.05) is 13.2 Å². The normalized spacial score (nSPS) is 11.9. The Hall–Kier alpha value is -1.02. The Morgan fingerprint density at radius 2 is 1.78 bits per heavy atom. The minimum atomic E-state index is 0.199. The van der Waals surface area contributed by atoms with Gasteiger partial charge in [0.15, 0.2) is 0 Å². The smallest absolute Gasteiger partial charge is 0.119 e. The molecule has 0 aliphatic rings. The van der Waals surface area contributed by atoms with Crippen molar-refractivity contribution in [1.29, 1.82) is 0 Å². The lowest BCUT2D eigenvalue weighted by Gasteiger charge is -2.24. The molecule has 102 valence electrons. The summed E-state index contributed by atoms with van der Waals surface area (Å²) in [6, 6.07) is 8.40. The van der Waals surface area contributed by atoms with Crippen molar-refractivity contribution in [1.82, 2.24) is 5.32 Å². The van der Waals surface area contributed by atoms with Crippen LogP contribution in [-0.4, -0.2) is 18.7 Å². The van der Waals surface area contributed by atoms with E-state index in [4.69, 9.17) is 4.74 Å². The monoisotopic (exact) mass is 249 g/mol. The molecule has 0 radical (unpaired) electrons. The summed E-state index contributed by atoms with van der Waals surface area (Å²) in [6.07, 6.45) is 1.12.